The fourth-order valence-corrected chi connectivity index (χ4v) is 2.62. The van der Waals surface area contributed by atoms with Crippen LogP contribution in [-0.2, 0) is 11.0 Å². The molecule has 21 heavy (non-hydrogen) atoms. The van der Waals surface area contributed by atoms with E-state index in [9.17, 15) is 14.3 Å². The maximum Gasteiger partial charge on any atom is 0.286 e. The topological polar surface area (TPSA) is 81.5 Å². The fraction of sp³-hybridized carbons (Fsp3) is 0.143. The minimum Gasteiger partial charge on any atom is -0.492 e. The van der Waals surface area contributed by atoms with Gasteiger partial charge in [-0.05, 0) is 18.2 Å². The van der Waals surface area contributed by atoms with E-state index in [1.54, 1.807) is 6.07 Å². The molecule has 0 bridgehead atoms. The maximum absolute atomic E-state index is 12.0. The molecule has 0 fully saturated rings. The van der Waals surface area contributed by atoms with Gasteiger partial charge in [0.2, 0.25) is 0 Å². The number of nitro benzene ring substituents is 1. The van der Waals surface area contributed by atoms with Crippen molar-refractivity contribution in [3.63, 3.8) is 0 Å². The number of rotatable bonds is 7. The van der Waals surface area contributed by atoms with Crippen molar-refractivity contribution in [2.75, 3.05) is 13.2 Å². The Kier molecular flexibility index (Phi) is 5.42. The number of nitrogens with zero attached hydrogens (tertiary/aromatic N) is 1. The third kappa shape index (κ3) is 4.37. The normalized spacial score (nSPS) is 11.8. The summed E-state index contributed by atoms with van der Waals surface area (Å²) in [5.74, 6) is 0.718. The van der Waals surface area contributed by atoms with Crippen molar-refractivity contribution in [2.24, 2.45) is 0 Å². The highest BCUT2D eigenvalue weighted by Gasteiger charge is 2.17. The third-order valence-electron chi connectivity index (χ3n) is 2.61. The Hall–Kier alpha value is -2.25. The number of nitrogens with one attached hydrogen (secondary N) is 1. The van der Waals surface area contributed by atoms with Crippen molar-refractivity contribution >= 4 is 16.7 Å². The lowest BCUT2D eigenvalue weighted by Gasteiger charge is -2.07. The highest BCUT2D eigenvalue weighted by molar-refractivity contribution is 7.83. The molecule has 0 saturated heterocycles. The first-order valence-electron chi connectivity index (χ1n) is 6.25. The van der Waals surface area contributed by atoms with Crippen LogP contribution < -0.4 is 9.46 Å². The second-order valence-electron chi connectivity index (χ2n) is 4.05. The molecule has 0 spiro atoms. The van der Waals surface area contributed by atoms with Crippen LogP contribution in [-0.4, -0.2) is 22.3 Å². The van der Waals surface area contributed by atoms with Gasteiger partial charge >= 0.3 is 0 Å². The average molecular weight is 306 g/mol. The smallest absolute Gasteiger partial charge is 0.286 e. The Morgan fingerprint density at radius 2 is 1.76 bits per heavy atom. The summed E-state index contributed by atoms with van der Waals surface area (Å²) in [4.78, 5) is 10.5. The minimum atomic E-state index is -1.65. The molecular formula is C14H14N2O4S. The van der Waals surface area contributed by atoms with Gasteiger partial charge in [-0.15, -0.1) is 0 Å². The predicted octanol–water partition coefficient (Wildman–Crippen LogP) is 2.29. The molecule has 7 heteroatoms. The molecule has 2 aromatic carbocycles. The molecule has 0 amide bonds. The zero-order chi connectivity index (χ0) is 15.1. The SMILES string of the molecule is O=[N+]([O-])c1ccccc1S(=O)NCCOc1ccccc1. The van der Waals surface area contributed by atoms with Crippen molar-refractivity contribution in [1.29, 1.82) is 0 Å². The van der Waals surface area contributed by atoms with E-state index >= 15 is 0 Å². The van der Waals surface area contributed by atoms with E-state index in [4.69, 9.17) is 4.74 Å². The number of para-hydroxylation sites is 2. The predicted molar refractivity (Wildman–Crippen MR) is 79.4 cm³/mol. The summed E-state index contributed by atoms with van der Waals surface area (Å²) >= 11 is 0. The second-order valence-corrected chi connectivity index (χ2v) is 5.32. The van der Waals surface area contributed by atoms with Gasteiger partial charge in [-0.3, -0.25) is 10.1 Å². The number of ether oxygens (including phenoxy) is 1. The summed E-state index contributed by atoms with van der Waals surface area (Å²) in [7, 11) is -1.65. The van der Waals surface area contributed by atoms with Gasteiger partial charge in [0.25, 0.3) is 5.69 Å². The number of hydrogen-bond donors (Lipinski definition) is 1. The summed E-state index contributed by atoms with van der Waals surface area (Å²) < 4.78 is 20.2. The molecule has 2 rings (SSSR count). The molecule has 0 heterocycles. The van der Waals surface area contributed by atoms with Crippen molar-refractivity contribution < 1.29 is 13.9 Å². The lowest BCUT2D eigenvalue weighted by Crippen LogP contribution is -2.23. The van der Waals surface area contributed by atoms with Gasteiger partial charge in [-0.25, -0.2) is 8.93 Å². The van der Waals surface area contributed by atoms with Crippen LogP contribution >= 0.6 is 0 Å². The van der Waals surface area contributed by atoms with Gasteiger partial charge in [-0.2, -0.15) is 0 Å². The van der Waals surface area contributed by atoms with E-state index in [0.29, 0.717) is 13.2 Å². The number of hydrogen-bond acceptors (Lipinski definition) is 4. The number of nitro groups is 1. The second kappa shape index (κ2) is 7.51. The highest BCUT2D eigenvalue weighted by atomic mass is 32.2. The van der Waals surface area contributed by atoms with Crippen LogP contribution in [0.1, 0.15) is 0 Å². The molecule has 1 unspecified atom stereocenters. The lowest BCUT2D eigenvalue weighted by molar-refractivity contribution is -0.387. The van der Waals surface area contributed by atoms with Crippen LogP contribution in [0.5, 0.6) is 5.75 Å². The Morgan fingerprint density at radius 1 is 1.10 bits per heavy atom. The fourth-order valence-electron chi connectivity index (χ4n) is 1.66. The molecule has 0 aromatic heterocycles. The molecule has 0 aliphatic heterocycles. The molecule has 0 aliphatic rings. The average Bonchev–Trinajstić information content (AvgIpc) is 2.52. The Balaban J connectivity index is 1.86. The van der Waals surface area contributed by atoms with Crippen molar-refractivity contribution in [1.82, 2.24) is 4.72 Å². The highest BCUT2D eigenvalue weighted by Crippen LogP contribution is 2.20. The molecule has 110 valence electrons. The van der Waals surface area contributed by atoms with Crippen LogP contribution in [0.4, 0.5) is 5.69 Å². The number of benzene rings is 2. The summed E-state index contributed by atoms with van der Waals surface area (Å²) in [6.45, 7) is 0.629. The van der Waals surface area contributed by atoms with Gasteiger partial charge < -0.3 is 4.74 Å². The first-order chi connectivity index (χ1) is 10.2. The maximum atomic E-state index is 12.0. The van der Waals surface area contributed by atoms with Crippen LogP contribution in [0.15, 0.2) is 59.5 Å². The van der Waals surface area contributed by atoms with Crippen LogP contribution in [0.3, 0.4) is 0 Å². The van der Waals surface area contributed by atoms with Crippen molar-refractivity contribution in [2.45, 2.75) is 4.90 Å². The summed E-state index contributed by atoms with van der Waals surface area (Å²) in [6.07, 6.45) is 0. The van der Waals surface area contributed by atoms with Gasteiger partial charge in [0.1, 0.15) is 28.2 Å². The van der Waals surface area contributed by atoms with Crippen molar-refractivity contribution in [3.05, 3.63) is 64.7 Å². The largest absolute Gasteiger partial charge is 0.492 e. The van der Waals surface area contributed by atoms with E-state index < -0.39 is 15.9 Å². The first kappa shape index (κ1) is 15.1. The first-order valence-corrected chi connectivity index (χ1v) is 7.40. The van der Waals surface area contributed by atoms with Gasteiger partial charge in [-0.1, -0.05) is 30.3 Å². The van der Waals surface area contributed by atoms with E-state index in [-0.39, 0.29) is 10.6 Å². The van der Waals surface area contributed by atoms with E-state index in [0.717, 1.165) is 5.75 Å². The standard InChI is InChI=1S/C14H14N2O4S/c17-16(18)13-8-4-5-9-14(13)21(19)15-10-11-20-12-6-2-1-3-7-12/h1-9,15H,10-11H2. The Bertz CT molecular complexity index is 634. The van der Waals surface area contributed by atoms with Gasteiger partial charge in [0.05, 0.1) is 4.92 Å². The van der Waals surface area contributed by atoms with E-state index in [2.05, 4.69) is 4.72 Å². The minimum absolute atomic E-state index is 0.155. The van der Waals surface area contributed by atoms with E-state index in [1.165, 1.54) is 18.2 Å². The van der Waals surface area contributed by atoms with Crippen LogP contribution in [0.2, 0.25) is 0 Å². The van der Waals surface area contributed by atoms with Crippen LogP contribution in [0, 0.1) is 10.1 Å². The molecule has 0 radical (unpaired) electrons. The van der Waals surface area contributed by atoms with Gasteiger partial charge in [0.15, 0.2) is 0 Å². The molecular weight excluding hydrogens is 292 g/mol. The lowest BCUT2D eigenvalue weighted by atomic mass is 10.3. The summed E-state index contributed by atoms with van der Waals surface area (Å²) in [5.41, 5.74) is -0.160. The summed E-state index contributed by atoms with van der Waals surface area (Å²) in [6, 6.07) is 15.2. The zero-order valence-corrected chi connectivity index (χ0v) is 11.9. The molecule has 6 nitrogen and oxygen atoms in total. The quantitative estimate of drug-likeness (QED) is 0.483. The zero-order valence-electron chi connectivity index (χ0n) is 11.1. The Labute approximate surface area is 124 Å². The summed E-state index contributed by atoms with van der Waals surface area (Å²) in [5, 5.41) is 10.9. The molecule has 1 atom stereocenters. The monoisotopic (exact) mass is 306 g/mol. The molecule has 2 aromatic rings. The van der Waals surface area contributed by atoms with Gasteiger partial charge in [0, 0.05) is 12.6 Å². The van der Waals surface area contributed by atoms with E-state index in [1.807, 2.05) is 30.3 Å². The van der Waals surface area contributed by atoms with Crippen molar-refractivity contribution in [3.8, 4) is 5.75 Å². The van der Waals surface area contributed by atoms with Crippen LogP contribution in [0.25, 0.3) is 0 Å². The Morgan fingerprint density at radius 3 is 2.48 bits per heavy atom. The molecule has 0 saturated carbocycles. The molecule has 1 N–H and O–H groups in total. The third-order valence-corrected chi connectivity index (χ3v) is 3.82. The molecule has 0 aliphatic carbocycles.